The molecule has 0 saturated heterocycles. The molecule has 0 fully saturated rings. The number of alkyl halides is 2. The lowest BCUT2D eigenvalue weighted by atomic mass is 10.1. The molecule has 0 radical (unpaired) electrons. The average Bonchev–Trinajstić information content (AvgIpc) is 2.36. The molecule has 1 unspecified atom stereocenters. The van der Waals surface area contributed by atoms with Crippen LogP contribution in [0.4, 0.5) is 8.78 Å². The van der Waals surface area contributed by atoms with E-state index in [9.17, 15) is 13.9 Å². The topological polar surface area (TPSA) is 47.9 Å². The van der Waals surface area contributed by atoms with Gasteiger partial charge in [-0.15, -0.1) is 6.58 Å². The monoisotopic (exact) mass is 266 g/mol. The highest BCUT2D eigenvalue weighted by Gasteiger charge is 2.42. The maximum atomic E-state index is 13.6. The van der Waals surface area contributed by atoms with Crippen LogP contribution in [0.25, 0.3) is 0 Å². The Morgan fingerprint density at radius 1 is 1.44 bits per heavy atom. The highest BCUT2D eigenvalue weighted by atomic mass is 19.3. The third kappa shape index (κ3) is 5.57. The number of ether oxygens (including phenoxy) is 3. The molecular weight excluding hydrogens is 246 g/mol. The van der Waals surface area contributed by atoms with Gasteiger partial charge >= 0.3 is 5.92 Å². The third-order valence-corrected chi connectivity index (χ3v) is 2.04. The second-order valence-electron chi connectivity index (χ2n) is 3.44. The zero-order valence-corrected chi connectivity index (χ0v) is 10.7. The number of hydrogen-bond donors (Lipinski definition) is 1. The molecule has 0 rings (SSSR count). The van der Waals surface area contributed by atoms with Crippen LogP contribution in [0.15, 0.2) is 24.5 Å². The first-order chi connectivity index (χ1) is 8.50. The van der Waals surface area contributed by atoms with Gasteiger partial charge in [0.1, 0.15) is 6.10 Å². The van der Waals surface area contributed by atoms with Crippen LogP contribution >= 0.6 is 0 Å². The lowest BCUT2D eigenvalue weighted by molar-refractivity contribution is -0.123. The molecule has 0 aliphatic rings. The number of aliphatic hydroxyl groups is 1. The van der Waals surface area contributed by atoms with E-state index in [2.05, 4.69) is 6.58 Å². The van der Waals surface area contributed by atoms with Crippen LogP contribution < -0.4 is 0 Å². The molecule has 0 aromatic carbocycles. The van der Waals surface area contributed by atoms with Crippen molar-refractivity contribution in [3.05, 3.63) is 24.5 Å². The van der Waals surface area contributed by atoms with Crippen LogP contribution in [0.2, 0.25) is 0 Å². The normalized spacial score (nSPS) is 14.4. The summed E-state index contributed by atoms with van der Waals surface area (Å²) in [5.74, 6) is -4.13. The summed E-state index contributed by atoms with van der Waals surface area (Å²) in [5.41, 5.74) is 0. The van der Waals surface area contributed by atoms with Gasteiger partial charge in [-0.1, -0.05) is 13.0 Å². The number of halogens is 2. The molecule has 0 saturated carbocycles. The third-order valence-electron chi connectivity index (χ3n) is 2.04. The van der Waals surface area contributed by atoms with Crippen molar-refractivity contribution in [1.82, 2.24) is 0 Å². The van der Waals surface area contributed by atoms with E-state index in [1.54, 1.807) is 6.92 Å². The smallest absolute Gasteiger partial charge is 0.332 e. The molecule has 0 bridgehead atoms. The molecule has 0 aromatic heterocycles. The molecule has 0 spiro atoms. The standard InChI is InChI=1S/C12H20F2O4/c1-4-6-11(12(13,14)10(15)5-2)18-9-17-8-7-16-3/h5-6,10,15H,2,4,7-9H2,1,3H3/b11-6+. The minimum Gasteiger partial charge on any atom is -0.466 e. The van der Waals surface area contributed by atoms with Crippen molar-refractivity contribution in [1.29, 1.82) is 0 Å². The Hall–Kier alpha value is -0.980. The fourth-order valence-corrected chi connectivity index (χ4v) is 1.08. The molecule has 4 nitrogen and oxygen atoms in total. The van der Waals surface area contributed by atoms with E-state index in [4.69, 9.17) is 14.2 Å². The summed E-state index contributed by atoms with van der Waals surface area (Å²) in [7, 11) is 1.50. The van der Waals surface area contributed by atoms with Gasteiger partial charge in [-0.2, -0.15) is 8.78 Å². The zero-order valence-electron chi connectivity index (χ0n) is 10.7. The van der Waals surface area contributed by atoms with Crippen LogP contribution in [0.3, 0.4) is 0 Å². The van der Waals surface area contributed by atoms with Gasteiger partial charge in [-0.25, -0.2) is 0 Å². The Labute approximate surface area is 106 Å². The van der Waals surface area contributed by atoms with E-state index in [1.165, 1.54) is 13.2 Å². The van der Waals surface area contributed by atoms with Crippen molar-refractivity contribution < 1.29 is 28.1 Å². The molecule has 0 amide bonds. The van der Waals surface area contributed by atoms with Crippen LogP contribution in [-0.2, 0) is 14.2 Å². The Bertz CT molecular complexity index is 267. The summed E-state index contributed by atoms with van der Waals surface area (Å²) in [6.45, 7) is 5.08. The number of rotatable bonds is 10. The predicted molar refractivity (Wildman–Crippen MR) is 63.3 cm³/mol. The van der Waals surface area contributed by atoms with Crippen LogP contribution in [-0.4, -0.2) is 44.2 Å². The van der Waals surface area contributed by atoms with E-state index in [-0.39, 0.29) is 13.4 Å². The number of allylic oxidation sites excluding steroid dienone is 1. The van der Waals surface area contributed by atoms with Crippen molar-refractivity contribution in [2.75, 3.05) is 27.1 Å². The van der Waals surface area contributed by atoms with Crippen molar-refractivity contribution in [2.24, 2.45) is 0 Å². The maximum Gasteiger partial charge on any atom is 0.332 e. The van der Waals surface area contributed by atoms with Crippen molar-refractivity contribution >= 4 is 0 Å². The van der Waals surface area contributed by atoms with Gasteiger partial charge in [0.15, 0.2) is 12.6 Å². The van der Waals surface area contributed by atoms with Gasteiger partial charge in [0, 0.05) is 7.11 Å². The molecule has 0 aromatic rings. The van der Waals surface area contributed by atoms with Gasteiger partial charge < -0.3 is 19.3 Å². The van der Waals surface area contributed by atoms with Crippen LogP contribution in [0.1, 0.15) is 13.3 Å². The average molecular weight is 266 g/mol. The lowest BCUT2D eigenvalue weighted by Crippen LogP contribution is -2.35. The van der Waals surface area contributed by atoms with Crippen molar-refractivity contribution in [2.45, 2.75) is 25.4 Å². The summed E-state index contributed by atoms with van der Waals surface area (Å²) in [5, 5.41) is 9.17. The molecule has 0 heterocycles. The molecular formula is C12H20F2O4. The molecule has 0 aliphatic carbocycles. The van der Waals surface area contributed by atoms with E-state index in [1.807, 2.05) is 0 Å². The second kappa shape index (κ2) is 9.02. The second-order valence-corrected chi connectivity index (χ2v) is 3.44. The highest BCUT2D eigenvalue weighted by molar-refractivity contribution is 5.11. The first kappa shape index (κ1) is 17.0. The molecule has 0 aliphatic heterocycles. The predicted octanol–water partition coefficient (Wildman–Crippen LogP) is 2.10. The quantitative estimate of drug-likeness (QED) is 0.285. The zero-order chi connectivity index (χ0) is 14.0. The summed E-state index contributed by atoms with van der Waals surface area (Å²) < 4.78 is 41.8. The minimum atomic E-state index is -3.51. The summed E-state index contributed by atoms with van der Waals surface area (Å²) in [6.07, 6.45) is 0.326. The molecule has 1 N–H and O–H groups in total. The van der Waals surface area contributed by atoms with E-state index in [0.29, 0.717) is 13.0 Å². The van der Waals surface area contributed by atoms with Crippen molar-refractivity contribution in [3.63, 3.8) is 0 Å². The van der Waals surface area contributed by atoms with Gasteiger partial charge in [-0.3, -0.25) is 0 Å². The van der Waals surface area contributed by atoms with Gasteiger partial charge in [0.2, 0.25) is 0 Å². The minimum absolute atomic E-state index is 0.242. The van der Waals surface area contributed by atoms with Gasteiger partial charge in [0.25, 0.3) is 0 Å². The van der Waals surface area contributed by atoms with Crippen LogP contribution in [0, 0.1) is 0 Å². The van der Waals surface area contributed by atoms with Crippen LogP contribution in [0.5, 0.6) is 0 Å². The lowest BCUT2D eigenvalue weighted by Gasteiger charge is -2.23. The highest BCUT2D eigenvalue weighted by Crippen LogP contribution is 2.30. The van der Waals surface area contributed by atoms with Crippen molar-refractivity contribution in [3.8, 4) is 0 Å². The molecule has 18 heavy (non-hydrogen) atoms. The first-order valence-electron chi connectivity index (χ1n) is 5.59. The van der Waals surface area contributed by atoms with E-state index >= 15 is 0 Å². The maximum absolute atomic E-state index is 13.6. The summed E-state index contributed by atoms with van der Waals surface area (Å²) in [4.78, 5) is 0. The summed E-state index contributed by atoms with van der Waals surface area (Å²) >= 11 is 0. The van der Waals surface area contributed by atoms with Gasteiger partial charge in [0.05, 0.1) is 13.2 Å². The number of hydrogen-bond acceptors (Lipinski definition) is 4. The van der Waals surface area contributed by atoms with E-state index in [0.717, 1.165) is 6.08 Å². The number of aliphatic hydroxyl groups excluding tert-OH is 1. The molecule has 106 valence electrons. The fraction of sp³-hybridized carbons (Fsp3) is 0.667. The Kier molecular flexibility index (Phi) is 8.53. The molecule has 6 heteroatoms. The Morgan fingerprint density at radius 3 is 2.61 bits per heavy atom. The molecule has 1 atom stereocenters. The fourth-order valence-electron chi connectivity index (χ4n) is 1.08. The Balaban J connectivity index is 4.39. The Morgan fingerprint density at radius 2 is 2.11 bits per heavy atom. The summed E-state index contributed by atoms with van der Waals surface area (Å²) in [6, 6.07) is 0. The SMILES string of the molecule is C=CC(O)C(F)(F)/C(=C\CC)OCOCCOC. The van der Waals surface area contributed by atoms with E-state index < -0.39 is 17.8 Å². The van der Waals surface area contributed by atoms with Gasteiger partial charge in [-0.05, 0) is 12.5 Å². The largest absolute Gasteiger partial charge is 0.466 e. The number of methoxy groups -OCH3 is 1. The first-order valence-corrected chi connectivity index (χ1v) is 5.59.